The second-order valence-corrected chi connectivity index (χ2v) is 5.18. The van der Waals surface area contributed by atoms with Crippen molar-refractivity contribution >= 4 is 11.6 Å². The van der Waals surface area contributed by atoms with Crippen LogP contribution in [0.25, 0.3) is 0 Å². The Labute approximate surface area is 124 Å². The third-order valence-corrected chi connectivity index (χ3v) is 3.53. The molecule has 1 unspecified atom stereocenters. The van der Waals surface area contributed by atoms with Crippen molar-refractivity contribution in [1.82, 2.24) is 10.3 Å². The van der Waals surface area contributed by atoms with Crippen molar-refractivity contribution in [2.75, 3.05) is 6.54 Å². The van der Waals surface area contributed by atoms with Crippen molar-refractivity contribution in [1.29, 1.82) is 0 Å². The number of hydrogen-bond acceptors (Lipinski definition) is 2. The standard InChI is InChI=1S/C16H18ClFN2/c1-3-19-16(10-15-11(2)5-4-8-20-15)13-9-12(17)6-7-14(13)18/h4-9,16,19H,3,10H2,1-2H3. The first-order valence-corrected chi connectivity index (χ1v) is 7.08. The van der Waals surface area contributed by atoms with Crippen LogP contribution in [0.5, 0.6) is 0 Å². The van der Waals surface area contributed by atoms with Gasteiger partial charge in [0.2, 0.25) is 0 Å². The summed E-state index contributed by atoms with van der Waals surface area (Å²) in [5.41, 5.74) is 2.67. The minimum atomic E-state index is -0.242. The molecule has 0 fully saturated rings. The molecular formula is C16H18ClFN2. The van der Waals surface area contributed by atoms with E-state index in [9.17, 15) is 4.39 Å². The average Bonchev–Trinajstić information content (AvgIpc) is 2.43. The van der Waals surface area contributed by atoms with E-state index in [2.05, 4.69) is 10.3 Å². The maximum Gasteiger partial charge on any atom is 0.128 e. The third kappa shape index (κ3) is 3.56. The lowest BCUT2D eigenvalue weighted by Gasteiger charge is -2.19. The Balaban J connectivity index is 2.32. The molecule has 0 saturated heterocycles. The van der Waals surface area contributed by atoms with Crippen molar-refractivity contribution in [2.24, 2.45) is 0 Å². The normalized spacial score (nSPS) is 12.4. The fraction of sp³-hybridized carbons (Fsp3) is 0.312. The summed E-state index contributed by atoms with van der Waals surface area (Å²) < 4.78 is 14.0. The maximum atomic E-state index is 14.0. The van der Waals surface area contributed by atoms with Gasteiger partial charge in [-0.1, -0.05) is 24.6 Å². The number of halogens is 2. The Bertz CT molecular complexity index is 586. The Hall–Kier alpha value is -1.45. The molecule has 0 aliphatic rings. The zero-order valence-electron chi connectivity index (χ0n) is 11.7. The molecule has 2 aromatic rings. The predicted molar refractivity (Wildman–Crippen MR) is 80.5 cm³/mol. The second-order valence-electron chi connectivity index (χ2n) is 4.75. The summed E-state index contributed by atoms with van der Waals surface area (Å²) in [5, 5.41) is 3.85. The Morgan fingerprint density at radius 2 is 2.15 bits per heavy atom. The number of pyridine rings is 1. The molecule has 1 N–H and O–H groups in total. The van der Waals surface area contributed by atoms with E-state index in [1.807, 2.05) is 26.0 Å². The van der Waals surface area contributed by atoms with Crippen LogP contribution in [0.15, 0.2) is 36.5 Å². The highest BCUT2D eigenvalue weighted by Gasteiger charge is 2.17. The number of aryl methyl sites for hydroxylation is 1. The Morgan fingerprint density at radius 1 is 1.35 bits per heavy atom. The van der Waals surface area contributed by atoms with Gasteiger partial charge in [0.25, 0.3) is 0 Å². The van der Waals surface area contributed by atoms with Gasteiger partial charge in [-0.05, 0) is 43.3 Å². The molecule has 0 aliphatic heterocycles. The number of aromatic nitrogens is 1. The van der Waals surface area contributed by atoms with Gasteiger partial charge in [-0.25, -0.2) is 4.39 Å². The molecule has 1 aromatic heterocycles. The van der Waals surface area contributed by atoms with E-state index in [-0.39, 0.29) is 11.9 Å². The second kappa shape index (κ2) is 6.82. The van der Waals surface area contributed by atoms with Crippen molar-refractivity contribution < 1.29 is 4.39 Å². The lowest BCUT2D eigenvalue weighted by Crippen LogP contribution is -2.24. The molecule has 0 spiro atoms. The molecule has 0 bridgehead atoms. The van der Waals surface area contributed by atoms with Crippen LogP contribution in [0, 0.1) is 12.7 Å². The molecule has 106 valence electrons. The van der Waals surface area contributed by atoms with E-state index in [1.54, 1.807) is 18.3 Å². The topological polar surface area (TPSA) is 24.9 Å². The van der Waals surface area contributed by atoms with Crippen molar-refractivity contribution in [3.8, 4) is 0 Å². The van der Waals surface area contributed by atoms with E-state index in [1.165, 1.54) is 6.07 Å². The molecule has 4 heteroatoms. The summed E-state index contributed by atoms with van der Waals surface area (Å²) in [6, 6.07) is 8.44. The monoisotopic (exact) mass is 292 g/mol. The van der Waals surface area contributed by atoms with Gasteiger partial charge in [0.05, 0.1) is 0 Å². The van der Waals surface area contributed by atoms with Gasteiger partial charge in [0, 0.05) is 34.9 Å². The van der Waals surface area contributed by atoms with E-state index in [0.717, 1.165) is 17.8 Å². The summed E-state index contributed by atoms with van der Waals surface area (Å²) in [7, 11) is 0. The van der Waals surface area contributed by atoms with Crippen LogP contribution < -0.4 is 5.32 Å². The van der Waals surface area contributed by atoms with Crippen LogP contribution in [0.3, 0.4) is 0 Å². The maximum absolute atomic E-state index is 14.0. The van der Waals surface area contributed by atoms with Crippen molar-refractivity contribution in [3.05, 3.63) is 64.2 Å². The van der Waals surface area contributed by atoms with Crippen LogP contribution >= 0.6 is 11.6 Å². The fourth-order valence-corrected chi connectivity index (χ4v) is 2.43. The first kappa shape index (κ1) is 14.9. The lowest BCUT2D eigenvalue weighted by atomic mass is 9.99. The molecule has 20 heavy (non-hydrogen) atoms. The number of rotatable bonds is 5. The number of nitrogens with zero attached hydrogens (tertiary/aromatic N) is 1. The fourth-order valence-electron chi connectivity index (χ4n) is 2.25. The first-order valence-electron chi connectivity index (χ1n) is 6.70. The average molecular weight is 293 g/mol. The predicted octanol–water partition coefficient (Wildman–Crippen LogP) is 4.08. The van der Waals surface area contributed by atoms with Gasteiger partial charge >= 0.3 is 0 Å². The number of nitrogens with one attached hydrogen (secondary N) is 1. The zero-order chi connectivity index (χ0) is 14.5. The summed E-state index contributed by atoms with van der Waals surface area (Å²) in [4.78, 5) is 4.38. The molecule has 1 heterocycles. The van der Waals surface area contributed by atoms with Gasteiger partial charge in [0.15, 0.2) is 0 Å². The molecule has 1 atom stereocenters. The van der Waals surface area contributed by atoms with Gasteiger partial charge in [0.1, 0.15) is 5.82 Å². The SMILES string of the molecule is CCNC(Cc1ncccc1C)c1cc(Cl)ccc1F. The third-order valence-electron chi connectivity index (χ3n) is 3.30. The molecular weight excluding hydrogens is 275 g/mol. The van der Waals surface area contributed by atoms with Crippen LogP contribution in [-0.2, 0) is 6.42 Å². The van der Waals surface area contributed by atoms with E-state index < -0.39 is 0 Å². The molecule has 2 nitrogen and oxygen atoms in total. The molecule has 0 radical (unpaired) electrons. The molecule has 0 saturated carbocycles. The molecule has 2 rings (SSSR count). The first-order chi connectivity index (χ1) is 9.61. The number of hydrogen-bond donors (Lipinski definition) is 1. The van der Waals surface area contributed by atoms with Crippen LogP contribution in [0.1, 0.15) is 29.8 Å². The number of benzene rings is 1. The highest BCUT2D eigenvalue weighted by molar-refractivity contribution is 6.30. The van der Waals surface area contributed by atoms with Crippen LogP contribution in [0.2, 0.25) is 5.02 Å². The van der Waals surface area contributed by atoms with Gasteiger partial charge in [-0.15, -0.1) is 0 Å². The van der Waals surface area contributed by atoms with Gasteiger partial charge in [-0.3, -0.25) is 4.98 Å². The Morgan fingerprint density at radius 3 is 2.85 bits per heavy atom. The zero-order valence-corrected chi connectivity index (χ0v) is 12.4. The van der Waals surface area contributed by atoms with Crippen molar-refractivity contribution in [3.63, 3.8) is 0 Å². The molecule has 0 aliphatic carbocycles. The van der Waals surface area contributed by atoms with E-state index in [0.29, 0.717) is 17.0 Å². The van der Waals surface area contributed by atoms with Crippen molar-refractivity contribution in [2.45, 2.75) is 26.3 Å². The summed E-state index contributed by atoms with van der Waals surface area (Å²) in [5.74, 6) is -0.242. The largest absolute Gasteiger partial charge is 0.310 e. The summed E-state index contributed by atoms with van der Waals surface area (Å²) >= 11 is 5.99. The quantitative estimate of drug-likeness (QED) is 0.898. The smallest absolute Gasteiger partial charge is 0.128 e. The minimum absolute atomic E-state index is 0.132. The summed E-state index contributed by atoms with van der Waals surface area (Å²) in [6.45, 7) is 4.77. The highest BCUT2D eigenvalue weighted by Crippen LogP contribution is 2.24. The van der Waals surface area contributed by atoms with Crippen LogP contribution in [-0.4, -0.2) is 11.5 Å². The molecule has 1 aromatic carbocycles. The van der Waals surface area contributed by atoms with Gasteiger partial charge < -0.3 is 5.32 Å². The molecule has 0 amide bonds. The minimum Gasteiger partial charge on any atom is -0.310 e. The number of likely N-dealkylation sites (N-methyl/N-ethyl adjacent to an activating group) is 1. The highest BCUT2D eigenvalue weighted by atomic mass is 35.5. The lowest BCUT2D eigenvalue weighted by molar-refractivity contribution is 0.505. The van der Waals surface area contributed by atoms with Gasteiger partial charge in [-0.2, -0.15) is 0 Å². The summed E-state index contributed by atoms with van der Waals surface area (Å²) in [6.07, 6.45) is 2.40. The van der Waals surface area contributed by atoms with Crippen LogP contribution in [0.4, 0.5) is 4.39 Å². The van der Waals surface area contributed by atoms with E-state index >= 15 is 0 Å². The Kier molecular flexibility index (Phi) is 5.10. The van der Waals surface area contributed by atoms with E-state index in [4.69, 9.17) is 11.6 Å².